The van der Waals surface area contributed by atoms with Gasteiger partial charge in [-0.2, -0.15) is 0 Å². The van der Waals surface area contributed by atoms with Crippen molar-refractivity contribution in [3.63, 3.8) is 0 Å². The fraction of sp³-hybridized carbons (Fsp3) is 0.333. The lowest BCUT2D eigenvalue weighted by Crippen LogP contribution is -2.03. The lowest BCUT2D eigenvalue weighted by molar-refractivity contribution is 0.277. The zero-order chi connectivity index (χ0) is 10.1. The number of aliphatic hydroxyl groups is 1. The molecule has 1 aromatic heterocycles. The number of nitrogens with zero attached hydrogens (tertiary/aromatic N) is 1. The van der Waals surface area contributed by atoms with Crippen molar-refractivity contribution in [3.05, 3.63) is 35.5 Å². The van der Waals surface area contributed by atoms with Crippen LogP contribution >= 0.6 is 0 Å². The molecule has 0 amide bonds. The summed E-state index contributed by atoms with van der Waals surface area (Å²) in [5.41, 5.74) is 3.69. The van der Waals surface area contributed by atoms with Crippen molar-refractivity contribution in [1.29, 1.82) is 0 Å². The molecular weight excluding hydrogens is 174 g/mol. The van der Waals surface area contributed by atoms with E-state index < -0.39 is 0 Å². The van der Waals surface area contributed by atoms with Gasteiger partial charge in [-0.05, 0) is 32.0 Å². The summed E-state index contributed by atoms with van der Waals surface area (Å²) in [6, 6.07) is 8.57. The summed E-state index contributed by atoms with van der Waals surface area (Å²) in [6.07, 6.45) is 0. The Balaban J connectivity index is 2.64. The Morgan fingerprint density at radius 2 is 2.00 bits per heavy atom. The van der Waals surface area contributed by atoms with Crippen molar-refractivity contribution in [3.8, 4) is 0 Å². The van der Waals surface area contributed by atoms with Crippen molar-refractivity contribution < 1.29 is 5.11 Å². The molecule has 74 valence electrons. The first-order valence-electron chi connectivity index (χ1n) is 4.90. The minimum atomic E-state index is 0.193. The van der Waals surface area contributed by atoms with Crippen molar-refractivity contribution >= 4 is 10.9 Å². The van der Waals surface area contributed by atoms with E-state index in [9.17, 15) is 0 Å². The van der Waals surface area contributed by atoms with Crippen molar-refractivity contribution in [1.82, 2.24) is 4.57 Å². The summed E-state index contributed by atoms with van der Waals surface area (Å²) in [6.45, 7) is 5.04. The molecular formula is C12H15NO. The van der Waals surface area contributed by atoms with Crippen LogP contribution in [0.5, 0.6) is 0 Å². The number of aromatic nitrogens is 1. The average Bonchev–Trinajstić information content (AvgIpc) is 2.43. The molecule has 0 spiro atoms. The standard InChI is InChI=1S/C12H15NO/c1-9-3-4-12-11(7-9)8-10(2)13(12)5-6-14/h3-4,7-8,14H,5-6H2,1-2H3. The lowest BCUT2D eigenvalue weighted by Gasteiger charge is -2.05. The number of aryl methyl sites for hydroxylation is 2. The number of rotatable bonds is 2. The van der Waals surface area contributed by atoms with Crippen molar-refractivity contribution in [2.75, 3.05) is 6.61 Å². The van der Waals surface area contributed by atoms with Crippen LogP contribution in [0.25, 0.3) is 10.9 Å². The molecule has 14 heavy (non-hydrogen) atoms. The van der Waals surface area contributed by atoms with Gasteiger partial charge in [0.2, 0.25) is 0 Å². The number of hydrogen-bond acceptors (Lipinski definition) is 1. The zero-order valence-corrected chi connectivity index (χ0v) is 8.62. The Bertz CT molecular complexity index is 457. The smallest absolute Gasteiger partial charge is 0.0610 e. The third-order valence-electron chi connectivity index (χ3n) is 2.59. The Morgan fingerprint density at radius 3 is 2.71 bits per heavy atom. The van der Waals surface area contributed by atoms with E-state index in [1.807, 2.05) is 0 Å². The van der Waals surface area contributed by atoms with E-state index in [-0.39, 0.29) is 6.61 Å². The van der Waals surface area contributed by atoms with Crippen LogP contribution in [-0.2, 0) is 6.54 Å². The molecule has 0 radical (unpaired) electrons. The number of hydrogen-bond donors (Lipinski definition) is 1. The molecule has 0 aliphatic rings. The van der Waals surface area contributed by atoms with Gasteiger partial charge in [0, 0.05) is 23.1 Å². The van der Waals surface area contributed by atoms with Crippen LogP contribution in [0.2, 0.25) is 0 Å². The highest BCUT2D eigenvalue weighted by Gasteiger charge is 2.04. The van der Waals surface area contributed by atoms with Gasteiger partial charge in [-0.15, -0.1) is 0 Å². The maximum atomic E-state index is 8.96. The molecule has 1 aromatic carbocycles. The molecule has 0 saturated heterocycles. The minimum absolute atomic E-state index is 0.193. The molecule has 0 aliphatic carbocycles. The van der Waals surface area contributed by atoms with Crippen LogP contribution < -0.4 is 0 Å². The molecule has 0 aliphatic heterocycles. The Kier molecular flexibility index (Phi) is 2.30. The Morgan fingerprint density at radius 1 is 1.21 bits per heavy atom. The van der Waals surface area contributed by atoms with Crippen molar-refractivity contribution in [2.24, 2.45) is 0 Å². The molecule has 0 fully saturated rings. The molecule has 0 saturated carbocycles. The van der Waals surface area contributed by atoms with Gasteiger partial charge in [0.1, 0.15) is 0 Å². The first kappa shape index (κ1) is 9.28. The number of fused-ring (bicyclic) bond motifs is 1. The fourth-order valence-electron chi connectivity index (χ4n) is 1.93. The summed E-state index contributed by atoms with van der Waals surface area (Å²) < 4.78 is 2.15. The van der Waals surface area contributed by atoms with Crippen LogP contribution in [0, 0.1) is 13.8 Å². The monoisotopic (exact) mass is 189 g/mol. The number of benzene rings is 1. The lowest BCUT2D eigenvalue weighted by atomic mass is 10.2. The second-order valence-corrected chi connectivity index (χ2v) is 3.72. The molecule has 2 heteroatoms. The van der Waals surface area contributed by atoms with Gasteiger partial charge in [-0.25, -0.2) is 0 Å². The van der Waals surface area contributed by atoms with Crippen LogP contribution in [-0.4, -0.2) is 16.3 Å². The van der Waals surface area contributed by atoms with Gasteiger partial charge in [0.25, 0.3) is 0 Å². The maximum absolute atomic E-state index is 8.96. The van der Waals surface area contributed by atoms with E-state index in [1.54, 1.807) is 0 Å². The molecule has 2 nitrogen and oxygen atoms in total. The largest absolute Gasteiger partial charge is 0.395 e. The van der Waals surface area contributed by atoms with E-state index in [0.29, 0.717) is 6.54 Å². The molecule has 0 bridgehead atoms. The van der Waals surface area contributed by atoms with Gasteiger partial charge in [0.15, 0.2) is 0 Å². The summed E-state index contributed by atoms with van der Waals surface area (Å²) >= 11 is 0. The molecule has 2 rings (SSSR count). The van der Waals surface area contributed by atoms with Gasteiger partial charge in [0.05, 0.1) is 6.61 Å². The van der Waals surface area contributed by atoms with Crippen LogP contribution in [0.4, 0.5) is 0 Å². The summed E-state index contributed by atoms with van der Waals surface area (Å²) in [5, 5.41) is 10.2. The van der Waals surface area contributed by atoms with Gasteiger partial charge >= 0.3 is 0 Å². The average molecular weight is 189 g/mol. The minimum Gasteiger partial charge on any atom is -0.395 e. The van der Waals surface area contributed by atoms with E-state index in [0.717, 1.165) is 0 Å². The summed E-state index contributed by atoms with van der Waals surface area (Å²) in [7, 11) is 0. The van der Waals surface area contributed by atoms with Gasteiger partial charge < -0.3 is 9.67 Å². The highest BCUT2D eigenvalue weighted by atomic mass is 16.3. The maximum Gasteiger partial charge on any atom is 0.0610 e. The third-order valence-corrected chi connectivity index (χ3v) is 2.59. The molecule has 1 N–H and O–H groups in total. The van der Waals surface area contributed by atoms with Gasteiger partial charge in [-0.3, -0.25) is 0 Å². The Hall–Kier alpha value is -1.28. The summed E-state index contributed by atoms with van der Waals surface area (Å²) in [5.74, 6) is 0. The SMILES string of the molecule is Cc1ccc2c(c1)cc(C)n2CCO. The topological polar surface area (TPSA) is 25.2 Å². The molecule has 2 aromatic rings. The second kappa shape index (κ2) is 3.46. The highest BCUT2D eigenvalue weighted by molar-refractivity contribution is 5.82. The van der Waals surface area contributed by atoms with Crippen LogP contribution in [0.1, 0.15) is 11.3 Å². The predicted octanol–water partition coefficient (Wildman–Crippen LogP) is 2.25. The predicted molar refractivity (Wildman–Crippen MR) is 58.5 cm³/mol. The third kappa shape index (κ3) is 1.42. The first-order valence-corrected chi connectivity index (χ1v) is 4.90. The molecule has 0 unspecified atom stereocenters. The molecule has 1 heterocycles. The van der Waals surface area contributed by atoms with E-state index in [4.69, 9.17) is 5.11 Å². The van der Waals surface area contributed by atoms with Gasteiger partial charge in [-0.1, -0.05) is 11.6 Å². The van der Waals surface area contributed by atoms with Crippen molar-refractivity contribution in [2.45, 2.75) is 20.4 Å². The second-order valence-electron chi connectivity index (χ2n) is 3.72. The fourth-order valence-corrected chi connectivity index (χ4v) is 1.93. The summed E-state index contributed by atoms with van der Waals surface area (Å²) in [4.78, 5) is 0. The molecule has 0 atom stereocenters. The van der Waals surface area contributed by atoms with E-state index >= 15 is 0 Å². The normalized spacial score (nSPS) is 11.1. The Labute approximate surface area is 83.8 Å². The van der Waals surface area contributed by atoms with E-state index in [1.165, 1.54) is 22.2 Å². The van der Waals surface area contributed by atoms with E-state index in [2.05, 4.69) is 42.7 Å². The highest BCUT2D eigenvalue weighted by Crippen LogP contribution is 2.20. The van der Waals surface area contributed by atoms with Crippen LogP contribution in [0.3, 0.4) is 0 Å². The number of aliphatic hydroxyl groups excluding tert-OH is 1. The van der Waals surface area contributed by atoms with Crippen LogP contribution in [0.15, 0.2) is 24.3 Å². The first-order chi connectivity index (χ1) is 6.72. The zero-order valence-electron chi connectivity index (χ0n) is 8.62. The quantitative estimate of drug-likeness (QED) is 0.770.